The standard InChI is InChI=1S/C24H31F5O4/c1-2-3-4-5-6-7-10-13-32-23(30)15-11-8-9-12-16(15)24(31)33-14-17-18(25)20(27)22(29)21(28)19(17)26/h15-16H,2-14H2,1H3. The van der Waals surface area contributed by atoms with Gasteiger partial charge in [0, 0.05) is 0 Å². The molecule has 0 heterocycles. The third kappa shape index (κ3) is 7.40. The number of hydrogen-bond acceptors (Lipinski definition) is 4. The summed E-state index contributed by atoms with van der Waals surface area (Å²) in [6.07, 6.45) is 9.49. The molecule has 1 aromatic carbocycles. The van der Waals surface area contributed by atoms with Crippen molar-refractivity contribution >= 4 is 11.9 Å². The smallest absolute Gasteiger partial charge is 0.310 e. The van der Waals surface area contributed by atoms with Crippen LogP contribution in [0, 0.1) is 40.9 Å². The van der Waals surface area contributed by atoms with Crippen molar-refractivity contribution in [3.8, 4) is 0 Å². The molecule has 0 amide bonds. The summed E-state index contributed by atoms with van der Waals surface area (Å²) in [5.41, 5.74) is -1.23. The predicted octanol–water partition coefficient (Wildman–Crippen LogP) is 6.53. The Hall–Kier alpha value is -2.19. The van der Waals surface area contributed by atoms with E-state index in [2.05, 4.69) is 6.92 Å². The lowest BCUT2D eigenvalue weighted by Gasteiger charge is -2.28. The maximum Gasteiger partial charge on any atom is 0.310 e. The summed E-state index contributed by atoms with van der Waals surface area (Å²) in [5.74, 6) is -13.7. The van der Waals surface area contributed by atoms with Gasteiger partial charge in [0.05, 0.1) is 24.0 Å². The Kier molecular flexibility index (Phi) is 11.1. The first-order chi connectivity index (χ1) is 15.8. The van der Waals surface area contributed by atoms with Crippen molar-refractivity contribution in [1.29, 1.82) is 0 Å². The third-order valence-corrected chi connectivity index (χ3v) is 6.02. The SMILES string of the molecule is CCCCCCCCCOC(=O)C1CCCCC1C(=O)OCc1c(F)c(F)c(F)c(F)c1F. The second-order valence-electron chi connectivity index (χ2n) is 8.44. The van der Waals surface area contributed by atoms with Gasteiger partial charge in [0.15, 0.2) is 23.3 Å². The van der Waals surface area contributed by atoms with Crippen LogP contribution in [0.3, 0.4) is 0 Å². The monoisotopic (exact) mass is 478 g/mol. The van der Waals surface area contributed by atoms with Gasteiger partial charge in [-0.05, 0) is 19.3 Å². The first-order valence-electron chi connectivity index (χ1n) is 11.6. The fraction of sp³-hybridized carbons (Fsp3) is 0.667. The number of carbonyl (C=O) groups excluding carboxylic acids is 2. The van der Waals surface area contributed by atoms with Crippen LogP contribution in [-0.2, 0) is 25.7 Å². The van der Waals surface area contributed by atoms with Crippen molar-refractivity contribution in [2.45, 2.75) is 84.2 Å². The number of benzene rings is 1. The normalized spacial score (nSPS) is 18.2. The largest absolute Gasteiger partial charge is 0.465 e. The Bertz CT molecular complexity index is 786. The van der Waals surface area contributed by atoms with Crippen LogP contribution in [-0.4, -0.2) is 18.5 Å². The van der Waals surface area contributed by atoms with Crippen molar-refractivity contribution < 1.29 is 41.0 Å². The number of esters is 2. The number of hydrogen-bond donors (Lipinski definition) is 0. The molecular formula is C24H31F5O4. The summed E-state index contributed by atoms with van der Waals surface area (Å²) in [7, 11) is 0. The van der Waals surface area contributed by atoms with E-state index in [4.69, 9.17) is 9.47 Å². The van der Waals surface area contributed by atoms with Gasteiger partial charge in [-0.3, -0.25) is 9.59 Å². The minimum Gasteiger partial charge on any atom is -0.465 e. The molecular weight excluding hydrogens is 447 g/mol. The molecule has 186 valence electrons. The van der Waals surface area contributed by atoms with Gasteiger partial charge in [-0.1, -0.05) is 58.3 Å². The first-order valence-corrected chi connectivity index (χ1v) is 11.6. The Morgan fingerprint density at radius 3 is 1.70 bits per heavy atom. The zero-order chi connectivity index (χ0) is 24.4. The predicted molar refractivity (Wildman–Crippen MR) is 110 cm³/mol. The molecule has 0 aromatic heterocycles. The number of halogens is 5. The topological polar surface area (TPSA) is 52.6 Å². The average molecular weight is 478 g/mol. The summed E-state index contributed by atoms with van der Waals surface area (Å²) < 4.78 is 77.6. The molecule has 1 aliphatic rings. The van der Waals surface area contributed by atoms with E-state index in [0.717, 1.165) is 25.7 Å². The molecule has 2 rings (SSSR count). The molecule has 1 aromatic rings. The number of carbonyl (C=O) groups is 2. The quantitative estimate of drug-likeness (QED) is 0.113. The van der Waals surface area contributed by atoms with E-state index in [1.165, 1.54) is 19.3 Å². The Labute approximate surface area is 190 Å². The average Bonchev–Trinajstić information content (AvgIpc) is 2.82. The fourth-order valence-electron chi connectivity index (χ4n) is 4.06. The van der Waals surface area contributed by atoms with Gasteiger partial charge in [0.1, 0.15) is 6.61 Å². The first kappa shape index (κ1) is 27.1. The second kappa shape index (κ2) is 13.5. The van der Waals surface area contributed by atoms with Crippen LogP contribution in [0.25, 0.3) is 0 Å². The molecule has 1 aliphatic carbocycles. The van der Waals surface area contributed by atoms with Gasteiger partial charge >= 0.3 is 11.9 Å². The molecule has 1 fully saturated rings. The van der Waals surface area contributed by atoms with Gasteiger partial charge in [0.25, 0.3) is 0 Å². The number of rotatable bonds is 12. The molecule has 2 atom stereocenters. The van der Waals surface area contributed by atoms with Crippen LogP contribution in [0.1, 0.15) is 83.1 Å². The van der Waals surface area contributed by atoms with Crippen molar-refractivity contribution in [1.82, 2.24) is 0 Å². The lowest BCUT2D eigenvalue weighted by molar-refractivity contribution is -0.163. The molecule has 33 heavy (non-hydrogen) atoms. The highest BCUT2D eigenvalue weighted by molar-refractivity contribution is 5.82. The summed E-state index contributed by atoms with van der Waals surface area (Å²) in [4.78, 5) is 25.0. The highest BCUT2D eigenvalue weighted by Crippen LogP contribution is 2.33. The van der Waals surface area contributed by atoms with Crippen LogP contribution in [0.15, 0.2) is 0 Å². The zero-order valence-corrected chi connectivity index (χ0v) is 18.9. The van der Waals surface area contributed by atoms with Crippen molar-refractivity contribution in [2.24, 2.45) is 11.8 Å². The Balaban J connectivity index is 1.88. The second-order valence-corrected chi connectivity index (χ2v) is 8.44. The molecule has 0 aliphatic heterocycles. The van der Waals surface area contributed by atoms with Crippen LogP contribution < -0.4 is 0 Å². The molecule has 2 unspecified atom stereocenters. The summed E-state index contributed by atoms with van der Waals surface area (Å²) in [6.45, 7) is 1.27. The van der Waals surface area contributed by atoms with E-state index in [9.17, 15) is 31.5 Å². The molecule has 4 nitrogen and oxygen atoms in total. The van der Waals surface area contributed by atoms with Gasteiger partial charge < -0.3 is 9.47 Å². The van der Waals surface area contributed by atoms with E-state index >= 15 is 0 Å². The number of unbranched alkanes of at least 4 members (excludes halogenated alkanes) is 6. The fourth-order valence-corrected chi connectivity index (χ4v) is 4.06. The van der Waals surface area contributed by atoms with Gasteiger partial charge in [-0.2, -0.15) is 0 Å². The lowest BCUT2D eigenvalue weighted by Crippen LogP contribution is -2.35. The highest BCUT2D eigenvalue weighted by Gasteiger charge is 2.38. The minimum absolute atomic E-state index is 0.245. The summed E-state index contributed by atoms with van der Waals surface area (Å²) >= 11 is 0. The van der Waals surface area contributed by atoms with E-state index in [0.29, 0.717) is 25.7 Å². The van der Waals surface area contributed by atoms with E-state index in [-0.39, 0.29) is 6.61 Å². The van der Waals surface area contributed by atoms with Gasteiger partial charge in [0.2, 0.25) is 5.82 Å². The molecule has 0 saturated heterocycles. The summed E-state index contributed by atoms with van der Waals surface area (Å²) in [5, 5.41) is 0. The molecule has 1 saturated carbocycles. The number of ether oxygens (including phenoxy) is 2. The van der Waals surface area contributed by atoms with Crippen molar-refractivity contribution in [3.05, 3.63) is 34.6 Å². The van der Waals surface area contributed by atoms with Crippen molar-refractivity contribution in [3.63, 3.8) is 0 Å². The lowest BCUT2D eigenvalue weighted by atomic mass is 9.79. The minimum atomic E-state index is -2.28. The Morgan fingerprint density at radius 2 is 1.15 bits per heavy atom. The van der Waals surface area contributed by atoms with Crippen LogP contribution in [0.4, 0.5) is 22.0 Å². The molecule has 0 spiro atoms. The van der Waals surface area contributed by atoms with Crippen LogP contribution in [0.5, 0.6) is 0 Å². The summed E-state index contributed by atoms with van der Waals surface area (Å²) in [6, 6.07) is 0. The van der Waals surface area contributed by atoms with Crippen LogP contribution >= 0.6 is 0 Å². The van der Waals surface area contributed by atoms with E-state index in [1.807, 2.05) is 0 Å². The maximum absolute atomic E-state index is 13.8. The molecule has 0 radical (unpaired) electrons. The highest BCUT2D eigenvalue weighted by atomic mass is 19.2. The van der Waals surface area contributed by atoms with Gasteiger partial charge in [-0.25, -0.2) is 22.0 Å². The molecule has 0 bridgehead atoms. The van der Waals surface area contributed by atoms with Gasteiger partial charge in [-0.15, -0.1) is 0 Å². The molecule has 0 N–H and O–H groups in total. The van der Waals surface area contributed by atoms with Crippen molar-refractivity contribution in [2.75, 3.05) is 6.61 Å². The third-order valence-electron chi connectivity index (χ3n) is 6.02. The zero-order valence-electron chi connectivity index (χ0n) is 18.9. The van der Waals surface area contributed by atoms with E-state index < -0.39 is 65.0 Å². The Morgan fingerprint density at radius 1 is 0.697 bits per heavy atom. The van der Waals surface area contributed by atoms with Crippen LogP contribution in [0.2, 0.25) is 0 Å². The molecule has 9 heteroatoms. The van der Waals surface area contributed by atoms with E-state index in [1.54, 1.807) is 0 Å². The maximum atomic E-state index is 13.8.